The minimum atomic E-state index is -0.817. The van der Waals surface area contributed by atoms with E-state index in [4.69, 9.17) is 4.74 Å². The van der Waals surface area contributed by atoms with Crippen LogP contribution in [0.4, 0.5) is 0 Å². The molecule has 0 saturated heterocycles. The third kappa shape index (κ3) is 4.14. The van der Waals surface area contributed by atoms with Gasteiger partial charge in [0.15, 0.2) is 5.78 Å². The van der Waals surface area contributed by atoms with Gasteiger partial charge in [0, 0.05) is 12.8 Å². The van der Waals surface area contributed by atoms with E-state index in [1.165, 1.54) is 7.11 Å². The van der Waals surface area contributed by atoms with Crippen molar-refractivity contribution in [3.05, 3.63) is 35.9 Å². The summed E-state index contributed by atoms with van der Waals surface area (Å²) in [7, 11) is 1.36. The molecule has 114 valence electrons. The Bertz CT molecular complexity index is 483. The van der Waals surface area contributed by atoms with Gasteiger partial charge in [0.25, 0.3) is 0 Å². The van der Waals surface area contributed by atoms with Crippen molar-refractivity contribution in [1.29, 1.82) is 0 Å². The van der Waals surface area contributed by atoms with E-state index in [0.29, 0.717) is 25.9 Å². The van der Waals surface area contributed by atoms with Crippen LogP contribution in [0.2, 0.25) is 0 Å². The Balaban J connectivity index is 2.04. The number of hydrogen-bond acceptors (Lipinski definition) is 4. The molecule has 0 bridgehead atoms. The second-order valence-corrected chi connectivity index (χ2v) is 5.47. The van der Waals surface area contributed by atoms with Crippen LogP contribution in [0.1, 0.15) is 44.1 Å². The van der Waals surface area contributed by atoms with Crippen LogP contribution >= 0.6 is 0 Å². The van der Waals surface area contributed by atoms with Crippen molar-refractivity contribution >= 4 is 11.8 Å². The first kappa shape index (κ1) is 15.7. The third-order valence-corrected chi connectivity index (χ3v) is 4.06. The predicted octanol–water partition coefficient (Wildman–Crippen LogP) is 3.04. The highest BCUT2D eigenvalue weighted by Gasteiger charge is 2.41. The maximum atomic E-state index is 12.4. The van der Waals surface area contributed by atoms with Crippen molar-refractivity contribution < 1.29 is 19.1 Å². The van der Waals surface area contributed by atoms with Crippen LogP contribution < -0.4 is 0 Å². The molecule has 21 heavy (non-hydrogen) atoms. The summed E-state index contributed by atoms with van der Waals surface area (Å²) in [5, 5.41) is 0. The van der Waals surface area contributed by atoms with Crippen molar-refractivity contribution in [3.63, 3.8) is 0 Å². The van der Waals surface area contributed by atoms with Gasteiger partial charge in [-0.05, 0) is 31.2 Å². The molecule has 0 spiro atoms. The summed E-state index contributed by atoms with van der Waals surface area (Å²) in [4.78, 5) is 23.7. The molecule has 0 N–H and O–H groups in total. The molecule has 0 aromatic heterocycles. The lowest BCUT2D eigenvalue weighted by Crippen LogP contribution is -2.44. The quantitative estimate of drug-likeness (QED) is 0.756. The maximum absolute atomic E-state index is 12.4. The molecule has 2 rings (SSSR count). The number of benzene rings is 1. The predicted molar refractivity (Wildman–Crippen MR) is 78.7 cm³/mol. The summed E-state index contributed by atoms with van der Waals surface area (Å²) in [6.07, 6.45) is 3.73. The van der Waals surface area contributed by atoms with Crippen LogP contribution in [-0.4, -0.2) is 24.5 Å². The summed E-state index contributed by atoms with van der Waals surface area (Å²) in [6.45, 7) is 0.397. The Kier molecular flexibility index (Phi) is 5.51. The highest BCUT2D eigenvalue weighted by atomic mass is 16.5. The highest BCUT2D eigenvalue weighted by molar-refractivity contribution is 5.88. The van der Waals surface area contributed by atoms with Gasteiger partial charge in [-0.1, -0.05) is 30.3 Å². The summed E-state index contributed by atoms with van der Waals surface area (Å²) < 4.78 is 10.7. The molecular formula is C17H22O4. The Morgan fingerprint density at radius 1 is 1.24 bits per heavy atom. The Labute approximate surface area is 125 Å². The first-order valence-electron chi connectivity index (χ1n) is 7.44. The molecule has 1 aliphatic carbocycles. The molecule has 4 heteroatoms. The fourth-order valence-corrected chi connectivity index (χ4v) is 2.75. The minimum absolute atomic E-state index is 0.119. The van der Waals surface area contributed by atoms with Gasteiger partial charge >= 0.3 is 5.97 Å². The Hall–Kier alpha value is -1.68. The zero-order valence-corrected chi connectivity index (χ0v) is 12.5. The lowest BCUT2D eigenvalue weighted by Gasteiger charge is -2.35. The average Bonchev–Trinajstić information content (AvgIpc) is 2.54. The van der Waals surface area contributed by atoms with Crippen molar-refractivity contribution in [1.82, 2.24) is 0 Å². The van der Waals surface area contributed by atoms with Crippen molar-refractivity contribution in [2.75, 3.05) is 7.11 Å². The molecule has 0 aliphatic heterocycles. The van der Waals surface area contributed by atoms with Crippen LogP contribution in [0.3, 0.4) is 0 Å². The molecule has 0 amide bonds. The zero-order valence-electron chi connectivity index (χ0n) is 12.5. The van der Waals surface area contributed by atoms with E-state index in [-0.39, 0.29) is 18.2 Å². The SMILES string of the molecule is COC(=O)CC[C@]1(OCc2ccccc2)CCCCC1=O. The first-order valence-corrected chi connectivity index (χ1v) is 7.44. The monoisotopic (exact) mass is 290 g/mol. The summed E-state index contributed by atoms with van der Waals surface area (Å²) in [6, 6.07) is 9.79. The summed E-state index contributed by atoms with van der Waals surface area (Å²) >= 11 is 0. The number of hydrogen-bond donors (Lipinski definition) is 0. The van der Waals surface area contributed by atoms with Crippen LogP contribution in [0.15, 0.2) is 30.3 Å². The van der Waals surface area contributed by atoms with Gasteiger partial charge < -0.3 is 9.47 Å². The molecule has 1 aromatic carbocycles. The fraction of sp³-hybridized carbons (Fsp3) is 0.529. The number of methoxy groups -OCH3 is 1. The summed E-state index contributed by atoms with van der Waals surface area (Å²) in [5.41, 5.74) is 0.218. The third-order valence-electron chi connectivity index (χ3n) is 4.06. The van der Waals surface area contributed by atoms with E-state index in [1.54, 1.807) is 0 Å². The van der Waals surface area contributed by atoms with E-state index >= 15 is 0 Å². The number of ketones is 1. The van der Waals surface area contributed by atoms with Crippen molar-refractivity contribution in [3.8, 4) is 0 Å². The van der Waals surface area contributed by atoms with Gasteiger partial charge in [-0.15, -0.1) is 0 Å². The second-order valence-electron chi connectivity index (χ2n) is 5.47. The number of carbonyl (C=O) groups is 2. The van der Waals surface area contributed by atoms with E-state index < -0.39 is 5.60 Å². The van der Waals surface area contributed by atoms with Crippen molar-refractivity contribution in [2.24, 2.45) is 0 Å². The van der Waals surface area contributed by atoms with Gasteiger partial charge in [-0.25, -0.2) is 0 Å². The molecule has 4 nitrogen and oxygen atoms in total. The standard InChI is InChI=1S/C17H22O4/c1-20-16(19)10-12-17(11-6-5-9-15(17)18)21-13-14-7-3-2-4-8-14/h2-4,7-8H,5-6,9-13H2,1H3/t17-/m1/s1. The Morgan fingerprint density at radius 3 is 2.67 bits per heavy atom. The number of esters is 1. The highest BCUT2D eigenvalue weighted by Crippen LogP contribution is 2.33. The number of carbonyl (C=O) groups excluding carboxylic acids is 2. The van der Waals surface area contributed by atoms with Crippen LogP contribution in [0, 0.1) is 0 Å². The Morgan fingerprint density at radius 2 is 2.00 bits per heavy atom. The van der Waals surface area contributed by atoms with Crippen LogP contribution in [0.25, 0.3) is 0 Å². The van der Waals surface area contributed by atoms with E-state index in [2.05, 4.69) is 4.74 Å². The van der Waals surface area contributed by atoms with Crippen LogP contribution in [-0.2, 0) is 25.7 Å². The smallest absolute Gasteiger partial charge is 0.305 e. The van der Waals surface area contributed by atoms with Gasteiger partial charge in [0.2, 0.25) is 0 Å². The lowest BCUT2D eigenvalue weighted by molar-refractivity contribution is -0.156. The van der Waals surface area contributed by atoms with E-state index in [0.717, 1.165) is 18.4 Å². The molecule has 0 radical (unpaired) electrons. The normalized spacial score (nSPS) is 22.0. The lowest BCUT2D eigenvalue weighted by atomic mass is 9.80. The average molecular weight is 290 g/mol. The molecule has 1 fully saturated rings. The molecule has 0 unspecified atom stereocenters. The van der Waals surface area contributed by atoms with Gasteiger partial charge in [0.05, 0.1) is 13.7 Å². The van der Waals surface area contributed by atoms with Crippen LogP contribution in [0.5, 0.6) is 0 Å². The van der Waals surface area contributed by atoms with Gasteiger partial charge in [-0.2, -0.15) is 0 Å². The largest absolute Gasteiger partial charge is 0.469 e. The second kappa shape index (κ2) is 7.36. The number of Topliss-reactive ketones (excluding diaryl/α,β-unsaturated/α-hetero) is 1. The molecular weight excluding hydrogens is 268 g/mol. The zero-order chi connectivity index (χ0) is 15.1. The van der Waals surface area contributed by atoms with E-state index in [1.807, 2.05) is 30.3 Å². The van der Waals surface area contributed by atoms with Crippen molar-refractivity contribution in [2.45, 2.75) is 50.7 Å². The van der Waals surface area contributed by atoms with E-state index in [9.17, 15) is 9.59 Å². The topological polar surface area (TPSA) is 52.6 Å². The summed E-state index contributed by atoms with van der Waals surface area (Å²) in [5.74, 6) is -0.176. The molecule has 1 saturated carbocycles. The number of ether oxygens (including phenoxy) is 2. The fourth-order valence-electron chi connectivity index (χ4n) is 2.75. The number of rotatable bonds is 6. The molecule has 1 atom stereocenters. The molecule has 1 aromatic rings. The molecule has 0 heterocycles. The maximum Gasteiger partial charge on any atom is 0.305 e. The first-order chi connectivity index (χ1) is 10.2. The van der Waals surface area contributed by atoms with Gasteiger partial charge in [-0.3, -0.25) is 9.59 Å². The minimum Gasteiger partial charge on any atom is -0.469 e. The molecule has 1 aliphatic rings. The van der Waals surface area contributed by atoms with Gasteiger partial charge in [0.1, 0.15) is 5.60 Å².